The largest absolute Gasteiger partial charge is 0.313 e. The molecule has 0 aromatic rings. The lowest BCUT2D eigenvalue weighted by Gasteiger charge is -2.18. The van der Waals surface area contributed by atoms with E-state index >= 15 is 0 Å². The summed E-state index contributed by atoms with van der Waals surface area (Å²) in [4.78, 5) is 2.37. The third-order valence-corrected chi connectivity index (χ3v) is 2.59. The topological polar surface area (TPSA) is 27.1 Å². The van der Waals surface area contributed by atoms with E-state index in [9.17, 15) is 0 Å². The molecule has 0 aliphatic heterocycles. The van der Waals surface area contributed by atoms with Crippen molar-refractivity contribution in [3.8, 4) is 0 Å². The quantitative estimate of drug-likeness (QED) is 0.456. The second-order valence-electron chi connectivity index (χ2n) is 3.95. The molecular formula is C11H24N2. The van der Waals surface area contributed by atoms with Gasteiger partial charge in [0.15, 0.2) is 0 Å². The normalized spacial score (nSPS) is 13.2. The Hall–Kier alpha value is -0.370. The second-order valence-corrected chi connectivity index (χ2v) is 3.95. The molecule has 0 saturated carbocycles. The van der Waals surface area contributed by atoms with Crippen molar-refractivity contribution in [2.75, 3.05) is 20.1 Å². The fraction of sp³-hybridized carbons (Fsp3) is 0.909. The fourth-order valence-electron chi connectivity index (χ4n) is 1.22. The van der Waals surface area contributed by atoms with Crippen molar-refractivity contribution in [2.24, 2.45) is 5.92 Å². The Morgan fingerprint density at radius 3 is 2.62 bits per heavy atom. The summed E-state index contributed by atoms with van der Waals surface area (Å²) in [7, 11) is 2.17. The molecule has 0 aliphatic carbocycles. The van der Waals surface area contributed by atoms with Gasteiger partial charge in [-0.1, -0.05) is 20.3 Å². The monoisotopic (exact) mass is 184 g/mol. The standard InChI is InChI=1S/C11H24N2/c1-4-11(2)7-10-13(3)9-6-5-8-12/h8,11-12H,4-7,9-10H2,1-3H3. The van der Waals surface area contributed by atoms with Crippen LogP contribution in [0.2, 0.25) is 0 Å². The zero-order valence-electron chi connectivity index (χ0n) is 9.34. The van der Waals surface area contributed by atoms with Gasteiger partial charge in [0.2, 0.25) is 0 Å². The summed E-state index contributed by atoms with van der Waals surface area (Å²) in [6.45, 7) is 6.89. The Morgan fingerprint density at radius 2 is 2.08 bits per heavy atom. The molecule has 0 rings (SSSR count). The first kappa shape index (κ1) is 12.6. The predicted octanol–water partition coefficient (Wildman–Crippen LogP) is 2.78. The van der Waals surface area contributed by atoms with Crippen molar-refractivity contribution in [3.63, 3.8) is 0 Å². The first-order valence-electron chi connectivity index (χ1n) is 5.38. The van der Waals surface area contributed by atoms with E-state index in [1.165, 1.54) is 25.6 Å². The van der Waals surface area contributed by atoms with E-state index < -0.39 is 0 Å². The highest BCUT2D eigenvalue weighted by molar-refractivity contribution is 5.52. The summed E-state index contributed by atoms with van der Waals surface area (Å²) >= 11 is 0. The van der Waals surface area contributed by atoms with Crippen LogP contribution in [-0.2, 0) is 0 Å². The van der Waals surface area contributed by atoms with Crippen molar-refractivity contribution in [1.82, 2.24) is 4.90 Å². The molecule has 0 aromatic carbocycles. The van der Waals surface area contributed by atoms with Crippen LogP contribution in [0.5, 0.6) is 0 Å². The Kier molecular flexibility index (Phi) is 8.00. The van der Waals surface area contributed by atoms with E-state index in [2.05, 4.69) is 25.8 Å². The third kappa shape index (κ3) is 7.97. The minimum Gasteiger partial charge on any atom is -0.313 e. The molecule has 1 unspecified atom stereocenters. The van der Waals surface area contributed by atoms with E-state index in [-0.39, 0.29) is 0 Å². The van der Waals surface area contributed by atoms with Gasteiger partial charge in [-0.3, -0.25) is 0 Å². The lowest BCUT2D eigenvalue weighted by molar-refractivity contribution is 0.301. The van der Waals surface area contributed by atoms with Gasteiger partial charge < -0.3 is 10.3 Å². The van der Waals surface area contributed by atoms with E-state index in [4.69, 9.17) is 5.41 Å². The zero-order valence-corrected chi connectivity index (χ0v) is 9.34. The SMILES string of the molecule is CCC(C)CCN(C)CCCC=N. The van der Waals surface area contributed by atoms with Gasteiger partial charge in [-0.05, 0) is 51.5 Å². The Bertz CT molecular complexity index is 123. The third-order valence-electron chi connectivity index (χ3n) is 2.59. The van der Waals surface area contributed by atoms with Crippen LogP contribution in [0.1, 0.15) is 39.5 Å². The maximum absolute atomic E-state index is 6.90. The summed E-state index contributed by atoms with van der Waals surface area (Å²) < 4.78 is 0. The van der Waals surface area contributed by atoms with E-state index in [1.807, 2.05) is 0 Å². The molecule has 0 saturated heterocycles. The molecule has 1 atom stereocenters. The molecule has 78 valence electrons. The number of unbranched alkanes of at least 4 members (excludes halogenated alkanes) is 1. The predicted molar refractivity (Wildman–Crippen MR) is 59.6 cm³/mol. The van der Waals surface area contributed by atoms with Crippen LogP contribution in [-0.4, -0.2) is 31.3 Å². The number of rotatable bonds is 8. The summed E-state index contributed by atoms with van der Waals surface area (Å²) in [6, 6.07) is 0. The highest BCUT2D eigenvalue weighted by atomic mass is 15.1. The van der Waals surface area contributed by atoms with Crippen molar-refractivity contribution in [1.29, 1.82) is 5.41 Å². The van der Waals surface area contributed by atoms with Gasteiger partial charge in [0.1, 0.15) is 0 Å². The molecule has 2 heteroatoms. The molecule has 0 bridgehead atoms. The Balaban J connectivity index is 3.28. The van der Waals surface area contributed by atoms with Crippen molar-refractivity contribution < 1.29 is 0 Å². The molecule has 0 aliphatic rings. The molecule has 13 heavy (non-hydrogen) atoms. The minimum absolute atomic E-state index is 0.852. The second kappa shape index (κ2) is 8.24. The van der Waals surface area contributed by atoms with Gasteiger partial charge in [0.25, 0.3) is 0 Å². The lowest BCUT2D eigenvalue weighted by atomic mass is 10.1. The Labute approximate surface area is 82.8 Å². The summed E-state index contributed by atoms with van der Waals surface area (Å²) in [5.41, 5.74) is 0. The van der Waals surface area contributed by atoms with Crippen molar-refractivity contribution in [3.05, 3.63) is 0 Å². The van der Waals surface area contributed by atoms with Crippen LogP contribution in [0.25, 0.3) is 0 Å². The highest BCUT2D eigenvalue weighted by Crippen LogP contribution is 2.06. The number of nitrogens with one attached hydrogen (secondary N) is 1. The Morgan fingerprint density at radius 1 is 1.38 bits per heavy atom. The molecule has 1 N–H and O–H groups in total. The van der Waals surface area contributed by atoms with E-state index in [1.54, 1.807) is 0 Å². The number of hydrogen-bond acceptors (Lipinski definition) is 2. The van der Waals surface area contributed by atoms with E-state index in [0.717, 1.165) is 25.3 Å². The maximum Gasteiger partial charge on any atom is -0.00183 e. The molecule has 0 fully saturated rings. The van der Waals surface area contributed by atoms with Crippen LogP contribution in [0.3, 0.4) is 0 Å². The molecular weight excluding hydrogens is 160 g/mol. The molecule has 0 aromatic heterocycles. The average molecular weight is 184 g/mol. The average Bonchev–Trinajstić information content (AvgIpc) is 2.14. The van der Waals surface area contributed by atoms with Crippen LogP contribution < -0.4 is 0 Å². The van der Waals surface area contributed by atoms with Crippen LogP contribution in [0.4, 0.5) is 0 Å². The van der Waals surface area contributed by atoms with Crippen LogP contribution >= 0.6 is 0 Å². The van der Waals surface area contributed by atoms with Gasteiger partial charge in [0, 0.05) is 0 Å². The van der Waals surface area contributed by atoms with Gasteiger partial charge in [-0.15, -0.1) is 0 Å². The highest BCUT2D eigenvalue weighted by Gasteiger charge is 2.01. The number of hydrogen-bond donors (Lipinski definition) is 1. The smallest absolute Gasteiger partial charge is 0.00183 e. The van der Waals surface area contributed by atoms with Crippen molar-refractivity contribution in [2.45, 2.75) is 39.5 Å². The molecule has 0 spiro atoms. The summed E-state index contributed by atoms with van der Waals surface area (Å²) in [5.74, 6) is 0.852. The van der Waals surface area contributed by atoms with Gasteiger partial charge in [-0.2, -0.15) is 0 Å². The van der Waals surface area contributed by atoms with Gasteiger partial charge >= 0.3 is 0 Å². The van der Waals surface area contributed by atoms with E-state index in [0.29, 0.717) is 0 Å². The first-order chi connectivity index (χ1) is 6.20. The maximum atomic E-state index is 6.90. The molecule has 0 radical (unpaired) electrons. The molecule has 2 nitrogen and oxygen atoms in total. The minimum atomic E-state index is 0.852. The van der Waals surface area contributed by atoms with Crippen LogP contribution in [0, 0.1) is 11.3 Å². The van der Waals surface area contributed by atoms with Crippen LogP contribution in [0.15, 0.2) is 0 Å². The number of nitrogens with zero attached hydrogens (tertiary/aromatic N) is 1. The molecule has 0 amide bonds. The fourth-order valence-corrected chi connectivity index (χ4v) is 1.22. The first-order valence-corrected chi connectivity index (χ1v) is 5.38. The van der Waals surface area contributed by atoms with Gasteiger partial charge in [-0.25, -0.2) is 0 Å². The summed E-state index contributed by atoms with van der Waals surface area (Å²) in [5, 5.41) is 6.90. The van der Waals surface area contributed by atoms with Gasteiger partial charge in [0.05, 0.1) is 0 Å². The zero-order chi connectivity index (χ0) is 10.1. The van der Waals surface area contributed by atoms with Crippen molar-refractivity contribution >= 4 is 6.21 Å². The lowest BCUT2D eigenvalue weighted by Crippen LogP contribution is -2.22. The molecule has 0 heterocycles. The summed E-state index contributed by atoms with van der Waals surface area (Å²) in [6.07, 6.45) is 6.14.